The second kappa shape index (κ2) is 7.99. The molecule has 1 aromatic rings. The lowest BCUT2D eigenvalue weighted by Crippen LogP contribution is -2.48. The van der Waals surface area contributed by atoms with Crippen LogP contribution in [-0.4, -0.2) is 30.8 Å². The van der Waals surface area contributed by atoms with Crippen molar-refractivity contribution in [3.63, 3.8) is 0 Å². The van der Waals surface area contributed by atoms with Crippen molar-refractivity contribution in [2.75, 3.05) is 7.11 Å². The van der Waals surface area contributed by atoms with E-state index in [4.69, 9.17) is 4.74 Å². The van der Waals surface area contributed by atoms with Gasteiger partial charge in [-0.15, -0.1) is 0 Å². The fourth-order valence-electron chi connectivity index (χ4n) is 2.96. The smallest absolute Gasteiger partial charge is 0.328 e. The lowest BCUT2D eigenvalue weighted by Gasteiger charge is -2.28. The monoisotopic (exact) mass is 339 g/mol. The summed E-state index contributed by atoms with van der Waals surface area (Å²) in [5.74, 6) is -3.03. The summed E-state index contributed by atoms with van der Waals surface area (Å²) in [5.41, 5.74) is 0.160. The molecule has 24 heavy (non-hydrogen) atoms. The Labute approximate surface area is 138 Å². The number of amides is 1. The molecule has 2 rings (SSSR count). The highest BCUT2D eigenvalue weighted by Crippen LogP contribution is 2.25. The maximum Gasteiger partial charge on any atom is 0.328 e. The molecule has 1 fully saturated rings. The van der Waals surface area contributed by atoms with Crippen LogP contribution in [0.4, 0.5) is 8.78 Å². The van der Waals surface area contributed by atoms with Crippen LogP contribution >= 0.6 is 0 Å². The minimum Gasteiger partial charge on any atom is -0.467 e. The van der Waals surface area contributed by atoms with Crippen molar-refractivity contribution in [3.05, 3.63) is 35.4 Å². The summed E-state index contributed by atoms with van der Waals surface area (Å²) >= 11 is 0. The highest BCUT2D eigenvalue weighted by atomic mass is 19.1. The first kappa shape index (κ1) is 18.0. The number of methoxy groups -OCH3 is 1. The molecule has 1 saturated carbocycles. The molecule has 1 aromatic carbocycles. The first-order valence-electron chi connectivity index (χ1n) is 7.73. The largest absolute Gasteiger partial charge is 0.467 e. The van der Waals surface area contributed by atoms with Crippen LogP contribution in [0.25, 0.3) is 0 Å². The van der Waals surface area contributed by atoms with E-state index in [0.717, 1.165) is 12.1 Å². The minimum absolute atomic E-state index is 0.0432. The van der Waals surface area contributed by atoms with Gasteiger partial charge in [0.05, 0.1) is 13.5 Å². The predicted molar refractivity (Wildman–Crippen MR) is 81.0 cm³/mol. The van der Waals surface area contributed by atoms with Gasteiger partial charge in [0.25, 0.3) is 0 Å². The normalized spacial score (nSPS) is 18.8. The molecule has 1 aliphatic carbocycles. The van der Waals surface area contributed by atoms with E-state index < -0.39 is 29.6 Å². The van der Waals surface area contributed by atoms with Crippen molar-refractivity contribution in [2.45, 2.75) is 38.1 Å². The number of carbonyl (C=O) groups excluding carboxylic acids is 3. The Morgan fingerprint density at radius 2 is 1.96 bits per heavy atom. The van der Waals surface area contributed by atoms with Crippen molar-refractivity contribution in [1.82, 2.24) is 5.32 Å². The molecular weight excluding hydrogens is 320 g/mol. The maximum atomic E-state index is 13.2. The van der Waals surface area contributed by atoms with Gasteiger partial charge in [-0.3, -0.25) is 9.59 Å². The highest BCUT2D eigenvalue weighted by Gasteiger charge is 2.34. The van der Waals surface area contributed by atoms with Crippen LogP contribution < -0.4 is 5.32 Å². The van der Waals surface area contributed by atoms with E-state index in [-0.39, 0.29) is 30.1 Å². The summed E-state index contributed by atoms with van der Waals surface area (Å²) in [5, 5.41) is 2.53. The molecule has 2 atom stereocenters. The predicted octanol–water partition coefficient (Wildman–Crippen LogP) is 1.92. The fourth-order valence-corrected chi connectivity index (χ4v) is 2.96. The summed E-state index contributed by atoms with van der Waals surface area (Å²) in [6, 6.07) is 1.89. The van der Waals surface area contributed by atoms with Gasteiger partial charge < -0.3 is 10.1 Å². The summed E-state index contributed by atoms with van der Waals surface area (Å²) in [6.07, 6.45) is 1.68. The summed E-state index contributed by atoms with van der Waals surface area (Å²) in [6.45, 7) is 0. The number of esters is 1. The number of ketones is 1. The van der Waals surface area contributed by atoms with Gasteiger partial charge in [0.2, 0.25) is 5.91 Å². The van der Waals surface area contributed by atoms with Gasteiger partial charge >= 0.3 is 5.97 Å². The molecule has 0 radical (unpaired) electrons. The Kier molecular flexibility index (Phi) is 6.00. The van der Waals surface area contributed by atoms with Gasteiger partial charge in [-0.05, 0) is 36.5 Å². The topological polar surface area (TPSA) is 72.5 Å². The first-order chi connectivity index (χ1) is 11.4. The van der Waals surface area contributed by atoms with E-state index >= 15 is 0 Å². The number of hydrogen-bond acceptors (Lipinski definition) is 4. The summed E-state index contributed by atoms with van der Waals surface area (Å²) < 4.78 is 31.1. The average Bonchev–Trinajstić information content (AvgIpc) is 2.50. The molecule has 0 bridgehead atoms. The molecule has 0 heterocycles. The minimum atomic E-state index is -0.940. The SMILES string of the molecule is COC(=O)[C@@H](NC(=O)Cc1cc(F)cc(F)c1)[C@@H]1CCCC(=O)C1. The molecule has 0 saturated heterocycles. The van der Waals surface area contributed by atoms with Crippen LogP contribution in [0.5, 0.6) is 0 Å². The highest BCUT2D eigenvalue weighted by molar-refractivity contribution is 5.87. The van der Waals surface area contributed by atoms with Crippen LogP contribution in [0.15, 0.2) is 18.2 Å². The van der Waals surface area contributed by atoms with Gasteiger partial charge in [-0.1, -0.05) is 0 Å². The van der Waals surface area contributed by atoms with E-state index in [1.54, 1.807) is 0 Å². The molecule has 0 aromatic heterocycles. The Balaban J connectivity index is 2.06. The summed E-state index contributed by atoms with van der Waals surface area (Å²) in [4.78, 5) is 35.7. The van der Waals surface area contributed by atoms with Crippen molar-refractivity contribution in [1.29, 1.82) is 0 Å². The second-order valence-electron chi connectivity index (χ2n) is 5.92. The van der Waals surface area contributed by atoms with Gasteiger partial charge in [0.15, 0.2) is 0 Å². The Morgan fingerprint density at radius 1 is 1.29 bits per heavy atom. The van der Waals surface area contributed by atoms with E-state index in [0.29, 0.717) is 25.3 Å². The van der Waals surface area contributed by atoms with E-state index in [1.807, 2.05) is 0 Å². The van der Waals surface area contributed by atoms with E-state index in [2.05, 4.69) is 5.32 Å². The Bertz CT molecular complexity index is 627. The molecule has 7 heteroatoms. The van der Waals surface area contributed by atoms with Crippen molar-refractivity contribution in [3.8, 4) is 0 Å². The standard InChI is InChI=1S/C17H19F2NO4/c1-24-17(23)16(11-3-2-4-14(21)8-11)20-15(22)7-10-5-12(18)9-13(19)6-10/h5-6,9,11,16H,2-4,7-8H2,1H3,(H,20,22)/t11-,16+/m1/s1. The number of Topliss-reactive ketones (excluding diaryl/α,β-unsaturated/α-hetero) is 1. The molecule has 130 valence electrons. The number of carbonyl (C=O) groups is 3. The lowest BCUT2D eigenvalue weighted by atomic mass is 9.83. The zero-order valence-electron chi connectivity index (χ0n) is 13.3. The third kappa shape index (κ3) is 4.84. The molecule has 1 amide bonds. The molecule has 5 nitrogen and oxygen atoms in total. The number of ether oxygens (including phenoxy) is 1. The maximum absolute atomic E-state index is 13.2. The molecule has 0 spiro atoms. The number of rotatable bonds is 5. The lowest BCUT2D eigenvalue weighted by molar-refractivity contribution is -0.147. The quantitative estimate of drug-likeness (QED) is 0.832. The molecule has 1 N–H and O–H groups in total. The third-order valence-corrected chi connectivity index (χ3v) is 4.05. The van der Waals surface area contributed by atoms with Crippen molar-refractivity contribution < 1.29 is 27.9 Å². The Morgan fingerprint density at radius 3 is 2.54 bits per heavy atom. The molecule has 1 aliphatic rings. The van der Waals surface area contributed by atoms with Crippen LogP contribution in [0.1, 0.15) is 31.2 Å². The van der Waals surface area contributed by atoms with Crippen molar-refractivity contribution in [2.24, 2.45) is 5.92 Å². The zero-order chi connectivity index (χ0) is 17.7. The first-order valence-corrected chi connectivity index (χ1v) is 7.73. The van der Waals surface area contributed by atoms with E-state index in [1.165, 1.54) is 7.11 Å². The van der Waals surface area contributed by atoms with Crippen LogP contribution in [-0.2, 0) is 25.5 Å². The fraction of sp³-hybridized carbons (Fsp3) is 0.471. The van der Waals surface area contributed by atoms with Gasteiger partial charge in [-0.25, -0.2) is 13.6 Å². The number of nitrogens with one attached hydrogen (secondary N) is 1. The van der Waals surface area contributed by atoms with Crippen LogP contribution in [0, 0.1) is 17.6 Å². The van der Waals surface area contributed by atoms with Gasteiger partial charge in [-0.2, -0.15) is 0 Å². The molecule has 0 aliphatic heterocycles. The average molecular weight is 339 g/mol. The van der Waals surface area contributed by atoms with Crippen LogP contribution in [0.2, 0.25) is 0 Å². The molecule has 0 unspecified atom stereocenters. The van der Waals surface area contributed by atoms with Gasteiger partial charge in [0, 0.05) is 18.9 Å². The Hall–Kier alpha value is -2.31. The van der Waals surface area contributed by atoms with Gasteiger partial charge in [0.1, 0.15) is 23.5 Å². The third-order valence-electron chi connectivity index (χ3n) is 4.05. The zero-order valence-corrected chi connectivity index (χ0v) is 13.3. The number of benzene rings is 1. The summed E-state index contributed by atoms with van der Waals surface area (Å²) in [7, 11) is 1.20. The number of halogens is 2. The second-order valence-corrected chi connectivity index (χ2v) is 5.92. The van der Waals surface area contributed by atoms with Crippen molar-refractivity contribution >= 4 is 17.7 Å². The molecular formula is C17H19F2NO4. The van der Waals surface area contributed by atoms with Crippen LogP contribution in [0.3, 0.4) is 0 Å². The number of hydrogen-bond donors (Lipinski definition) is 1. The van der Waals surface area contributed by atoms with E-state index in [9.17, 15) is 23.2 Å².